The molecule has 1 aliphatic rings. The first-order chi connectivity index (χ1) is 9.35. The van der Waals surface area contributed by atoms with Crippen molar-refractivity contribution < 1.29 is 9.84 Å². The topological polar surface area (TPSA) is 45.6 Å². The first-order valence-corrected chi connectivity index (χ1v) is 6.63. The molecule has 0 amide bonds. The second-order valence-electron chi connectivity index (χ2n) is 4.94. The van der Waals surface area contributed by atoms with E-state index in [-0.39, 0.29) is 12.7 Å². The van der Waals surface area contributed by atoms with E-state index in [4.69, 9.17) is 9.84 Å². The second-order valence-corrected chi connectivity index (χ2v) is 4.94. The number of morpholine rings is 1. The molecule has 4 heteroatoms. The first kappa shape index (κ1) is 12.5. The summed E-state index contributed by atoms with van der Waals surface area (Å²) in [7, 11) is 0. The molecule has 100 valence electrons. The van der Waals surface area contributed by atoms with Gasteiger partial charge in [0.15, 0.2) is 0 Å². The van der Waals surface area contributed by atoms with E-state index >= 15 is 0 Å². The number of hydrogen-bond acceptors (Lipinski definition) is 4. The molecule has 1 aliphatic heterocycles. The third-order valence-electron chi connectivity index (χ3n) is 3.50. The number of pyridine rings is 1. The molecule has 1 unspecified atom stereocenters. The molecule has 1 fully saturated rings. The fourth-order valence-corrected chi connectivity index (χ4v) is 2.52. The predicted octanol–water partition coefficient (Wildman–Crippen LogP) is 1.43. The van der Waals surface area contributed by atoms with Gasteiger partial charge in [0.1, 0.15) is 0 Å². The van der Waals surface area contributed by atoms with Gasteiger partial charge in [-0.25, -0.2) is 0 Å². The number of rotatable bonds is 3. The van der Waals surface area contributed by atoms with E-state index in [1.807, 2.05) is 12.3 Å². The number of aliphatic hydroxyl groups is 1. The zero-order valence-electron chi connectivity index (χ0n) is 10.8. The molecule has 3 rings (SSSR count). The van der Waals surface area contributed by atoms with E-state index in [2.05, 4.69) is 34.1 Å². The fraction of sp³-hybridized carbons (Fsp3) is 0.400. The van der Waals surface area contributed by atoms with Crippen molar-refractivity contribution in [2.45, 2.75) is 12.6 Å². The molecule has 0 saturated carbocycles. The minimum absolute atomic E-state index is 0.0455. The lowest BCUT2D eigenvalue weighted by Gasteiger charge is -2.32. The Balaban J connectivity index is 1.74. The second kappa shape index (κ2) is 5.65. The van der Waals surface area contributed by atoms with Crippen molar-refractivity contribution in [3.63, 3.8) is 0 Å². The van der Waals surface area contributed by atoms with Crippen LogP contribution in [0.25, 0.3) is 10.9 Å². The van der Waals surface area contributed by atoms with Gasteiger partial charge in [-0.3, -0.25) is 9.88 Å². The third-order valence-corrected chi connectivity index (χ3v) is 3.50. The predicted molar refractivity (Wildman–Crippen MR) is 73.8 cm³/mol. The van der Waals surface area contributed by atoms with E-state index in [1.54, 1.807) is 0 Å². The smallest absolute Gasteiger partial charge is 0.0933 e. The van der Waals surface area contributed by atoms with Crippen LogP contribution < -0.4 is 0 Å². The summed E-state index contributed by atoms with van der Waals surface area (Å²) in [5, 5.41) is 10.3. The molecule has 1 saturated heterocycles. The zero-order valence-corrected chi connectivity index (χ0v) is 10.8. The molecule has 19 heavy (non-hydrogen) atoms. The van der Waals surface area contributed by atoms with Crippen LogP contribution in [-0.4, -0.2) is 47.4 Å². The third kappa shape index (κ3) is 2.92. The van der Waals surface area contributed by atoms with Gasteiger partial charge in [-0.2, -0.15) is 0 Å². The minimum Gasteiger partial charge on any atom is -0.394 e. The maximum absolute atomic E-state index is 9.16. The maximum Gasteiger partial charge on any atom is 0.0933 e. The number of aliphatic hydroxyl groups excluding tert-OH is 1. The highest BCUT2D eigenvalue weighted by Gasteiger charge is 2.19. The van der Waals surface area contributed by atoms with Crippen LogP contribution in [-0.2, 0) is 11.3 Å². The summed E-state index contributed by atoms with van der Waals surface area (Å²) in [5.74, 6) is 0. The first-order valence-electron chi connectivity index (χ1n) is 6.63. The van der Waals surface area contributed by atoms with E-state index in [0.717, 1.165) is 25.2 Å². The summed E-state index contributed by atoms with van der Waals surface area (Å²) in [4.78, 5) is 6.65. The average Bonchev–Trinajstić information content (AvgIpc) is 2.47. The molecule has 1 atom stereocenters. The Morgan fingerprint density at radius 3 is 3.21 bits per heavy atom. The van der Waals surface area contributed by atoms with E-state index < -0.39 is 0 Å². The molecule has 1 N–H and O–H groups in total. The van der Waals surface area contributed by atoms with Crippen LogP contribution in [0.5, 0.6) is 0 Å². The molecule has 1 aromatic heterocycles. The molecular weight excluding hydrogens is 240 g/mol. The van der Waals surface area contributed by atoms with Gasteiger partial charge >= 0.3 is 0 Å². The lowest BCUT2D eigenvalue weighted by atomic mass is 10.1. The monoisotopic (exact) mass is 258 g/mol. The molecule has 2 heterocycles. The van der Waals surface area contributed by atoms with Crippen LogP contribution in [0, 0.1) is 0 Å². The Bertz CT molecular complexity index is 559. The lowest BCUT2D eigenvalue weighted by Crippen LogP contribution is -2.43. The van der Waals surface area contributed by atoms with Crippen molar-refractivity contribution in [2.75, 3.05) is 26.3 Å². The Labute approximate surface area is 112 Å². The highest BCUT2D eigenvalue weighted by atomic mass is 16.5. The van der Waals surface area contributed by atoms with Crippen molar-refractivity contribution in [2.24, 2.45) is 0 Å². The van der Waals surface area contributed by atoms with Crippen LogP contribution in [0.1, 0.15) is 5.56 Å². The minimum atomic E-state index is -0.0455. The number of hydrogen-bond donors (Lipinski definition) is 1. The van der Waals surface area contributed by atoms with E-state index in [9.17, 15) is 0 Å². The SMILES string of the molecule is OCC1CN(Cc2ccc3ncccc3c2)CCO1. The lowest BCUT2D eigenvalue weighted by molar-refractivity contribution is -0.0550. The molecule has 4 nitrogen and oxygen atoms in total. The van der Waals surface area contributed by atoms with Gasteiger partial charge in [0.25, 0.3) is 0 Å². The Kier molecular flexibility index (Phi) is 3.73. The Morgan fingerprint density at radius 2 is 2.32 bits per heavy atom. The summed E-state index contributed by atoms with van der Waals surface area (Å²) in [5.41, 5.74) is 2.31. The molecule has 0 radical (unpaired) electrons. The summed E-state index contributed by atoms with van der Waals surface area (Å²) in [6.45, 7) is 3.40. The zero-order chi connectivity index (χ0) is 13.1. The molecule has 0 spiro atoms. The Hall–Kier alpha value is -1.49. The van der Waals surface area contributed by atoms with Gasteiger partial charge in [0, 0.05) is 31.2 Å². The van der Waals surface area contributed by atoms with Crippen LogP contribution in [0.4, 0.5) is 0 Å². The largest absolute Gasteiger partial charge is 0.394 e. The summed E-state index contributed by atoms with van der Waals surface area (Å²) in [6.07, 6.45) is 1.77. The van der Waals surface area contributed by atoms with Gasteiger partial charge in [-0.05, 0) is 23.8 Å². The molecule has 0 aliphatic carbocycles. The highest BCUT2D eigenvalue weighted by molar-refractivity contribution is 5.78. The quantitative estimate of drug-likeness (QED) is 0.904. The van der Waals surface area contributed by atoms with Crippen molar-refractivity contribution in [1.82, 2.24) is 9.88 Å². The highest BCUT2D eigenvalue weighted by Crippen LogP contribution is 2.16. The molecular formula is C15H18N2O2. The van der Waals surface area contributed by atoms with Crippen LogP contribution >= 0.6 is 0 Å². The van der Waals surface area contributed by atoms with Crippen molar-refractivity contribution in [1.29, 1.82) is 0 Å². The van der Waals surface area contributed by atoms with E-state index in [0.29, 0.717) is 6.61 Å². The summed E-state index contributed by atoms with van der Waals surface area (Å²) in [6, 6.07) is 10.4. The fourth-order valence-electron chi connectivity index (χ4n) is 2.52. The van der Waals surface area contributed by atoms with Gasteiger partial charge in [0.05, 0.1) is 24.8 Å². The number of aromatic nitrogens is 1. The van der Waals surface area contributed by atoms with Crippen molar-refractivity contribution in [3.05, 3.63) is 42.1 Å². The number of ether oxygens (including phenoxy) is 1. The average molecular weight is 258 g/mol. The summed E-state index contributed by atoms with van der Waals surface area (Å²) < 4.78 is 5.46. The number of nitrogens with zero attached hydrogens (tertiary/aromatic N) is 2. The number of fused-ring (bicyclic) bond motifs is 1. The van der Waals surface area contributed by atoms with Gasteiger partial charge in [-0.15, -0.1) is 0 Å². The van der Waals surface area contributed by atoms with Crippen LogP contribution in [0.2, 0.25) is 0 Å². The Morgan fingerprint density at radius 1 is 1.37 bits per heavy atom. The normalized spacial score (nSPS) is 20.8. The molecule has 0 bridgehead atoms. The van der Waals surface area contributed by atoms with Crippen LogP contribution in [0.15, 0.2) is 36.5 Å². The van der Waals surface area contributed by atoms with Gasteiger partial charge in [-0.1, -0.05) is 12.1 Å². The van der Waals surface area contributed by atoms with Gasteiger partial charge in [0.2, 0.25) is 0 Å². The van der Waals surface area contributed by atoms with Gasteiger partial charge < -0.3 is 9.84 Å². The van der Waals surface area contributed by atoms with Crippen molar-refractivity contribution in [3.8, 4) is 0 Å². The number of benzene rings is 1. The summed E-state index contributed by atoms with van der Waals surface area (Å²) >= 11 is 0. The standard InChI is InChI=1S/C15H18N2O2/c18-11-14-10-17(6-7-19-14)9-12-3-4-15-13(8-12)2-1-5-16-15/h1-5,8,14,18H,6-7,9-11H2. The maximum atomic E-state index is 9.16. The molecule has 1 aromatic carbocycles. The van der Waals surface area contributed by atoms with Crippen molar-refractivity contribution >= 4 is 10.9 Å². The van der Waals surface area contributed by atoms with Crippen LogP contribution in [0.3, 0.4) is 0 Å². The van der Waals surface area contributed by atoms with E-state index in [1.165, 1.54) is 10.9 Å². The molecule has 2 aromatic rings.